The summed E-state index contributed by atoms with van der Waals surface area (Å²) in [5.74, 6) is -2.95. The van der Waals surface area contributed by atoms with Gasteiger partial charge in [0.1, 0.15) is 17.7 Å². The monoisotopic (exact) mass is 231 g/mol. The van der Waals surface area contributed by atoms with Crippen LogP contribution in [0, 0.1) is 11.6 Å². The summed E-state index contributed by atoms with van der Waals surface area (Å²) in [6.07, 6.45) is -1.70. The van der Waals surface area contributed by atoms with E-state index in [1.807, 2.05) is 0 Å². The quantitative estimate of drug-likeness (QED) is 0.695. The van der Waals surface area contributed by atoms with Crippen molar-refractivity contribution in [3.8, 4) is 0 Å². The van der Waals surface area contributed by atoms with Crippen molar-refractivity contribution < 1.29 is 23.8 Å². The SMILES string of the molecule is NC(C(=O)O)C(O)Cc1ccc(F)cc1F. The molecule has 16 heavy (non-hydrogen) atoms. The predicted molar refractivity (Wildman–Crippen MR) is 51.7 cm³/mol. The molecule has 2 unspecified atom stereocenters. The maximum Gasteiger partial charge on any atom is 0.323 e. The molecule has 0 aromatic heterocycles. The number of aliphatic hydroxyl groups is 1. The van der Waals surface area contributed by atoms with Crippen LogP contribution in [0.5, 0.6) is 0 Å². The van der Waals surface area contributed by atoms with E-state index in [1.165, 1.54) is 0 Å². The highest BCUT2D eigenvalue weighted by Crippen LogP contribution is 2.12. The Bertz CT molecular complexity index is 398. The molecule has 1 aromatic rings. The molecule has 0 radical (unpaired) electrons. The van der Waals surface area contributed by atoms with Crippen LogP contribution in [0.4, 0.5) is 8.78 Å². The number of benzene rings is 1. The summed E-state index contributed by atoms with van der Waals surface area (Å²) < 4.78 is 25.7. The summed E-state index contributed by atoms with van der Waals surface area (Å²) in [5, 5.41) is 17.9. The molecule has 0 spiro atoms. The molecule has 0 aliphatic heterocycles. The summed E-state index contributed by atoms with van der Waals surface area (Å²) in [5.41, 5.74) is 5.16. The van der Waals surface area contributed by atoms with Crippen LogP contribution in [0.3, 0.4) is 0 Å². The van der Waals surface area contributed by atoms with Gasteiger partial charge in [0.2, 0.25) is 0 Å². The van der Waals surface area contributed by atoms with Gasteiger partial charge >= 0.3 is 5.97 Å². The van der Waals surface area contributed by atoms with Crippen molar-refractivity contribution in [1.82, 2.24) is 0 Å². The Balaban J connectivity index is 2.77. The molecule has 1 rings (SSSR count). The second kappa shape index (κ2) is 5.00. The molecule has 0 aliphatic rings. The maximum absolute atomic E-state index is 13.1. The molecule has 0 bridgehead atoms. The van der Waals surface area contributed by atoms with Crippen LogP contribution < -0.4 is 5.73 Å². The Hall–Kier alpha value is -1.53. The van der Waals surface area contributed by atoms with Gasteiger partial charge in [-0.25, -0.2) is 8.78 Å². The lowest BCUT2D eigenvalue weighted by atomic mass is 10.0. The van der Waals surface area contributed by atoms with E-state index in [0.717, 1.165) is 12.1 Å². The second-order valence-electron chi connectivity index (χ2n) is 3.37. The highest BCUT2D eigenvalue weighted by atomic mass is 19.1. The average Bonchev–Trinajstić information content (AvgIpc) is 2.20. The summed E-state index contributed by atoms with van der Waals surface area (Å²) in [6.45, 7) is 0. The van der Waals surface area contributed by atoms with Crippen LogP contribution in [0.25, 0.3) is 0 Å². The van der Waals surface area contributed by atoms with Crippen molar-refractivity contribution in [3.63, 3.8) is 0 Å². The lowest BCUT2D eigenvalue weighted by Crippen LogP contribution is -2.43. The first-order valence-corrected chi connectivity index (χ1v) is 4.52. The zero-order valence-electron chi connectivity index (χ0n) is 8.23. The molecule has 4 N–H and O–H groups in total. The van der Waals surface area contributed by atoms with E-state index in [9.17, 15) is 18.7 Å². The zero-order chi connectivity index (χ0) is 12.3. The standard InChI is InChI=1S/C10H11F2NO3/c11-6-2-1-5(7(12)4-6)3-8(14)9(13)10(15)16/h1-2,4,8-9,14H,3,13H2,(H,15,16). The van der Waals surface area contributed by atoms with Crippen molar-refractivity contribution in [2.75, 3.05) is 0 Å². The molecule has 0 heterocycles. The molecule has 0 saturated carbocycles. The summed E-state index contributed by atoms with van der Waals surface area (Å²) in [6, 6.07) is 1.33. The fraction of sp³-hybridized carbons (Fsp3) is 0.300. The van der Waals surface area contributed by atoms with E-state index < -0.39 is 29.7 Å². The minimum Gasteiger partial charge on any atom is -0.480 e. The van der Waals surface area contributed by atoms with Gasteiger partial charge in [0.15, 0.2) is 0 Å². The zero-order valence-corrected chi connectivity index (χ0v) is 8.23. The molecule has 6 heteroatoms. The van der Waals surface area contributed by atoms with Gasteiger partial charge in [0.25, 0.3) is 0 Å². The van der Waals surface area contributed by atoms with Crippen molar-refractivity contribution in [3.05, 3.63) is 35.4 Å². The van der Waals surface area contributed by atoms with Gasteiger partial charge < -0.3 is 15.9 Å². The normalized spacial score (nSPS) is 14.5. The molecular weight excluding hydrogens is 220 g/mol. The van der Waals surface area contributed by atoms with Crippen molar-refractivity contribution >= 4 is 5.97 Å². The van der Waals surface area contributed by atoms with Crippen LogP contribution in [0.2, 0.25) is 0 Å². The van der Waals surface area contributed by atoms with E-state index in [-0.39, 0.29) is 12.0 Å². The molecule has 0 amide bonds. The number of carbonyl (C=O) groups is 1. The number of hydrogen-bond donors (Lipinski definition) is 3. The lowest BCUT2D eigenvalue weighted by molar-refractivity contribution is -0.141. The van der Waals surface area contributed by atoms with Gasteiger partial charge in [-0.15, -0.1) is 0 Å². The number of aliphatic hydroxyl groups excluding tert-OH is 1. The smallest absolute Gasteiger partial charge is 0.323 e. The molecule has 0 aliphatic carbocycles. The average molecular weight is 231 g/mol. The number of hydrogen-bond acceptors (Lipinski definition) is 3. The summed E-state index contributed by atoms with van der Waals surface area (Å²) >= 11 is 0. The van der Waals surface area contributed by atoms with Crippen molar-refractivity contribution in [1.29, 1.82) is 0 Å². The van der Waals surface area contributed by atoms with Crippen LogP contribution in [0.15, 0.2) is 18.2 Å². The first-order chi connectivity index (χ1) is 7.41. The first kappa shape index (κ1) is 12.5. The minimum absolute atomic E-state index is 0.0191. The Kier molecular flexibility index (Phi) is 3.92. The minimum atomic E-state index is -1.50. The maximum atomic E-state index is 13.1. The lowest BCUT2D eigenvalue weighted by Gasteiger charge is -2.15. The van der Waals surface area contributed by atoms with Crippen LogP contribution in [-0.2, 0) is 11.2 Å². The molecule has 0 saturated heterocycles. The van der Waals surface area contributed by atoms with E-state index in [4.69, 9.17) is 10.8 Å². The highest BCUT2D eigenvalue weighted by molar-refractivity contribution is 5.73. The predicted octanol–water partition coefficient (Wildman–Crippen LogP) is 0.280. The fourth-order valence-corrected chi connectivity index (χ4v) is 1.20. The number of aliphatic carboxylic acids is 1. The Labute approximate surface area is 90.3 Å². The van der Waals surface area contributed by atoms with Gasteiger partial charge in [-0.2, -0.15) is 0 Å². The van der Waals surface area contributed by atoms with Gasteiger partial charge in [0, 0.05) is 12.5 Å². The second-order valence-corrected chi connectivity index (χ2v) is 3.37. The largest absolute Gasteiger partial charge is 0.480 e. The fourth-order valence-electron chi connectivity index (χ4n) is 1.20. The molecule has 88 valence electrons. The third kappa shape index (κ3) is 2.98. The molecule has 2 atom stereocenters. The van der Waals surface area contributed by atoms with Gasteiger partial charge in [-0.3, -0.25) is 4.79 Å². The Morgan fingerprint density at radius 2 is 2.06 bits per heavy atom. The van der Waals surface area contributed by atoms with Crippen LogP contribution in [0.1, 0.15) is 5.56 Å². The van der Waals surface area contributed by atoms with E-state index >= 15 is 0 Å². The van der Waals surface area contributed by atoms with E-state index in [1.54, 1.807) is 0 Å². The van der Waals surface area contributed by atoms with Gasteiger partial charge in [-0.1, -0.05) is 6.07 Å². The molecule has 4 nitrogen and oxygen atoms in total. The topological polar surface area (TPSA) is 83.6 Å². The summed E-state index contributed by atoms with van der Waals surface area (Å²) in [4.78, 5) is 10.4. The summed E-state index contributed by atoms with van der Waals surface area (Å²) in [7, 11) is 0. The van der Waals surface area contributed by atoms with E-state index in [0.29, 0.717) is 6.07 Å². The molecule has 0 fully saturated rings. The number of halogens is 2. The molecular formula is C10H11F2NO3. The van der Waals surface area contributed by atoms with Crippen LogP contribution in [-0.4, -0.2) is 28.3 Å². The Morgan fingerprint density at radius 3 is 2.56 bits per heavy atom. The van der Waals surface area contributed by atoms with Gasteiger partial charge in [0.05, 0.1) is 6.10 Å². The van der Waals surface area contributed by atoms with Gasteiger partial charge in [-0.05, 0) is 11.6 Å². The van der Waals surface area contributed by atoms with Crippen molar-refractivity contribution in [2.45, 2.75) is 18.6 Å². The van der Waals surface area contributed by atoms with Crippen molar-refractivity contribution in [2.24, 2.45) is 5.73 Å². The number of carboxylic acids is 1. The number of nitrogens with two attached hydrogens (primary N) is 1. The first-order valence-electron chi connectivity index (χ1n) is 4.52. The number of carboxylic acid groups (broad SMARTS) is 1. The van der Waals surface area contributed by atoms with E-state index in [2.05, 4.69) is 0 Å². The molecule has 1 aromatic carbocycles. The van der Waals surface area contributed by atoms with Crippen LogP contribution >= 0.6 is 0 Å². The Morgan fingerprint density at radius 1 is 1.44 bits per heavy atom. The third-order valence-corrected chi connectivity index (χ3v) is 2.14. The third-order valence-electron chi connectivity index (χ3n) is 2.14. The highest BCUT2D eigenvalue weighted by Gasteiger charge is 2.23. The number of rotatable bonds is 4.